The third kappa shape index (κ3) is 5.90. The van der Waals surface area contributed by atoms with E-state index in [2.05, 4.69) is 21.2 Å². The maximum absolute atomic E-state index is 12.0. The number of nitrogens with zero attached hydrogens (tertiary/aromatic N) is 1. The fourth-order valence-corrected chi connectivity index (χ4v) is 2.13. The van der Waals surface area contributed by atoms with E-state index in [-0.39, 0.29) is 11.5 Å². The lowest BCUT2D eigenvalue weighted by Gasteiger charge is -2.09. The number of carbonyl (C=O) groups is 1. The predicted molar refractivity (Wildman–Crippen MR) is 91.4 cm³/mol. The molecule has 0 radical (unpaired) electrons. The Labute approximate surface area is 140 Å². The van der Waals surface area contributed by atoms with Crippen molar-refractivity contribution in [3.63, 3.8) is 0 Å². The molecule has 0 saturated carbocycles. The fourth-order valence-electron chi connectivity index (χ4n) is 1.75. The van der Waals surface area contributed by atoms with E-state index in [4.69, 9.17) is 4.74 Å². The van der Waals surface area contributed by atoms with Crippen LogP contribution in [0.4, 0.5) is 0 Å². The third-order valence-electron chi connectivity index (χ3n) is 2.91. The summed E-state index contributed by atoms with van der Waals surface area (Å²) in [4.78, 5) is 12.0. The fraction of sp³-hybridized carbons (Fsp3) is 0.412. The molecule has 0 heterocycles. The Morgan fingerprint density at radius 2 is 2.18 bits per heavy atom. The van der Waals surface area contributed by atoms with Crippen molar-refractivity contribution < 1.29 is 9.53 Å². The van der Waals surface area contributed by atoms with Crippen LogP contribution in [0.2, 0.25) is 0 Å². The van der Waals surface area contributed by atoms with Gasteiger partial charge in [-0.3, -0.25) is 4.79 Å². The molecule has 1 aromatic rings. The largest absolute Gasteiger partial charge is 0.493 e. The molecule has 1 rings (SSSR count). The first-order valence-corrected chi connectivity index (χ1v) is 8.24. The number of halogens is 1. The number of nitrogens with one attached hydrogen (secondary N) is 1. The second-order valence-electron chi connectivity index (χ2n) is 4.81. The first-order chi connectivity index (χ1) is 10.6. The molecular weight excluding hydrogens is 344 g/mol. The number of benzene rings is 1. The van der Waals surface area contributed by atoms with Gasteiger partial charge in [0.15, 0.2) is 0 Å². The van der Waals surface area contributed by atoms with Crippen molar-refractivity contribution >= 4 is 27.9 Å². The molecule has 0 unspecified atom stereocenters. The van der Waals surface area contributed by atoms with Gasteiger partial charge in [-0.05, 0) is 37.1 Å². The summed E-state index contributed by atoms with van der Waals surface area (Å²) >= 11 is 3.40. The van der Waals surface area contributed by atoms with E-state index in [0.717, 1.165) is 23.7 Å². The number of ether oxygens (including phenoxy) is 1. The summed E-state index contributed by atoms with van der Waals surface area (Å²) in [7, 11) is 0. The van der Waals surface area contributed by atoms with E-state index >= 15 is 0 Å². The van der Waals surface area contributed by atoms with E-state index in [1.807, 2.05) is 38.1 Å². The molecule has 0 aliphatic heterocycles. The summed E-state index contributed by atoms with van der Waals surface area (Å²) in [5.41, 5.74) is 0.792. The third-order valence-corrected chi connectivity index (χ3v) is 3.41. The molecule has 118 valence electrons. The summed E-state index contributed by atoms with van der Waals surface area (Å²) in [6.45, 7) is 5.24. The monoisotopic (exact) mass is 364 g/mol. The second-order valence-corrected chi connectivity index (χ2v) is 5.73. The number of nitriles is 1. The summed E-state index contributed by atoms with van der Waals surface area (Å²) < 4.78 is 6.53. The van der Waals surface area contributed by atoms with Crippen LogP contribution in [0, 0.1) is 11.3 Å². The zero-order chi connectivity index (χ0) is 16.4. The summed E-state index contributed by atoms with van der Waals surface area (Å²) in [5.74, 6) is 0.316. The standard InChI is InChI=1S/C17H21BrN2O2/c1-3-5-8-20-17(21)14(12-19)10-13-11-15(18)6-7-16(13)22-9-4-2/h6-7,10-11H,3-5,8-9H2,1-2H3,(H,20,21)/b14-10+. The number of unbranched alkanes of at least 4 members (excludes halogenated alkanes) is 1. The van der Waals surface area contributed by atoms with Crippen LogP contribution in [-0.2, 0) is 4.79 Å². The van der Waals surface area contributed by atoms with E-state index < -0.39 is 0 Å². The number of rotatable bonds is 8. The Morgan fingerprint density at radius 1 is 1.41 bits per heavy atom. The second kappa shape index (κ2) is 10.0. The van der Waals surface area contributed by atoms with Crippen molar-refractivity contribution in [2.45, 2.75) is 33.1 Å². The number of hydrogen-bond acceptors (Lipinski definition) is 3. The normalized spacial score (nSPS) is 10.9. The van der Waals surface area contributed by atoms with Crippen molar-refractivity contribution in [2.24, 2.45) is 0 Å². The molecule has 0 aliphatic carbocycles. The van der Waals surface area contributed by atoms with Gasteiger partial charge in [-0.1, -0.05) is 36.2 Å². The Hall–Kier alpha value is -1.80. The molecule has 4 nitrogen and oxygen atoms in total. The van der Waals surface area contributed by atoms with Crippen molar-refractivity contribution in [3.05, 3.63) is 33.8 Å². The van der Waals surface area contributed by atoms with E-state index in [1.54, 1.807) is 6.08 Å². The van der Waals surface area contributed by atoms with E-state index in [0.29, 0.717) is 24.5 Å². The van der Waals surface area contributed by atoms with Gasteiger partial charge in [0.1, 0.15) is 17.4 Å². The van der Waals surface area contributed by atoms with Crippen LogP contribution in [0.25, 0.3) is 6.08 Å². The molecule has 1 amide bonds. The Bertz CT molecular complexity index is 577. The van der Waals surface area contributed by atoms with Crippen LogP contribution in [0.5, 0.6) is 5.75 Å². The summed E-state index contributed by atoms with van der Waals surface area (Å²) in [5, 5.41) is 12.0. The van der Waals surface area contributed by atoms with E-state index in [9.17, 15) is 10.1 Å². The first-order valence-electron chi connectivity index (χ1n) is 7.44. The maximum Gasteiger partial charge on any atom is 0.261 e. The molecule has 22 heavy (non-hydrogen) atoms. The number of carbonyl (C=O) groups excluding carboxylic acids is 1. The quantitative estimate of drug-likeness (QED) is 0.429. The van der Waals surface area contributed by atoms with E-state index in [1.165, 1.54) is 0 Å². The molecule has 0 fully saturated rings. The summed E-state index contributed by atoms with van der Waals surface area (Å²) in [6, 6.07) is 7.49. The molecule has 0 aliphatic rings. The molecule has 0 bridgehead atoms. The topological polar surface area (TPSA) is 62.1 Å². The van der Waals surface area contributed by atoms with Crippen LogP contribution < -0.4 is 10.1 Å². The lowest BCUT2D eigenvalue weighted by Crippen LogP contribution is -2.25. The van der Waals surface area contributed by atoms with Crippen LogP contribution >= 0.6 is 15.9 Å². The van der Waals surface area contributed by atoms with Crippen LogP contribution in [0.1, 0.15) is 38.7 Å². The van der Waals surface area contributed by atoms with Gasteiger partial charge < -0.3 is 10.1 Å². The first kappa shape index (κ1) is 18.2. The smallest absolute Gasteiger partial charge is 0.261 e. The van der Waals surface area contributed by atoms with Gasteiger partial charge in [-0.25, -0.2) is 0 Å². The number of hydrogen-bond donors (Lipinski definition) is 1. The van der Waals surface area contributed by atoms with Gasteiger partial charge >= 0.3 is 0 Å². The van der Waals surface area contributed by atoms with Gasteiger partial charge in [0.2, 0.25) is 0 Å². The van der Waals surface area contributed by atoms with Gasteiger partial charge in [0.05, 0.1) is 6.61 Å². The Kier molecular flexibility index (Phi) is 8.31. The molecule has 0 spiro atoms. The van der Waals surface area contributed by atoms with Crippen molar-refractivity contribution in [1.82, 2.24) is 5.32 Å². The summed E-state index contributed by atoms with van der Waals surface area (Å²) in [6.07, 6.45) is 4.34. The van der Waals surface area contributed by atoms with Crippen LogP contribution in [0.3, 0.4) is 0 Å². The molecular formula is C17H21BrN2O2. The lowest BCUT2D eigenvalue weighted by atomic mass is 10.1. The van der Waals surface area contributed by atoms with Gasteiger partial charge in [-0.2, -0.15) is 5.26 Å². The van der Waals surface area contributed by atoms with Crippen molar-refractivity contribution in [1.29, 1.82) is 5.26 Å². The molecule has 1 N–H and O–H groups in total. The minimum absolute atomic E-state index is 0.0792. The Morgan fingerprint density at radius 3 is 2.82 bits per heavy atom. The molecule has 1 aromatic carbocycles. The highest BCUT2D eigenvalue weighted by molar-refractivity contribution is 9.10. The number of amides is 1. The van der Waals surface area contributed by atoms with Gasteiger partial charge in [0, 0.05) is 16.6 Å². The van der Waals surface area contributed by atoms with Crippen molar-refractivity contribution in [2.75, 3.05) is 13.2 Å². The highest BCUT2D eigenvalue weighted by Gasteiger charge is 2.10. The SMILES string of the molecule is CCCCNC(=O)/C(C#N)=C/c1cc(Br)ccc1OCCC. The van der Waals surface area contributed by atoms with Gasteiger partial charge in [-0.15, -0.1) is 0 Å². The highest BCUT2D eigenvalue weighted by Crippen LogP contribution is 2.25. The van der Waals surface area contributed by atoms with Crippen molar-refractivity contribution in [3.8, 4) is 11.8 Å². The Balaban J connectivity index is 2.98. The molecule has 5 heteroatoms. The average Bonchev–Trinajstić information content (AvgIpc) is 2.51. The molecule has 0 saturated heterocycles. The molecule has 0 atom stereocenters. The highest BCUT2D eigenvalue weighted by atomic mass is 79.9. The zero-order valence-electron chi connectivity index (χ0n) is 13.0. The minimum Gasteiger partial charge on any atom is -0.493 e. The zero-order valence-corrected chi connectivity index (χ0v) is 14.6. The van der Waals surface area contributed by atoms with Crippen LogP contribution in [0.15, 0.2) is 28.2 Å². The molecule has 0 aromatic heterocycles. The minimum atomic E-state index is -0.350. The predicted octanol–water partition coefficient (Wildman–Crippen LogP) is 4.06. The average molecular weight is 365 g/mol. The van der Waals surface area contributed by atoms with Crippen LogP contribution in [-0.4, -0.2) is 19.1 Å². The lowest BCUT2D eigenvalue weighted by molar-refractivity contribution is -0.117. The maximum atomic E-state index is 12.0. The van der Waals surface area contributed by atoms with Gasteiger partial charge in [0.25, 0.3) is 5.91 Å².